The summed E-state index contributed by atoms with van der Waals surface area (Å²) >= 11 is 0. The van der Waals surface area contributed by atoms with Gasteiger partial charge in [-0.2, -0.15) is 0 Å². The van der Waals surface area contributed by atoms with Gasteiger partial charge in [-0.05, 0) is 79.1 Å². The SMILES string of the molecule is COc1ccc(NC(=O)N(Cc2ccc3c(c2)OCO3)Cc2cc3c(C)cc(C)cc3[nH]c2=O)cc1. The van der Waals surface area contributed by atoms with Crippen molar-refractivity contribution in [3.63, 3.8) is 0 Å². The number of hydrogen-bond acceptors (Lipinski definition) is 5. The Hall–Kier alpha value is -4.46. The van der Waals surface area contributed by atoms with Gasteiger partial charge in [0.15, 0.2) is 11.5 Å². The summed E-state index contributed by atoms with van der Waals surface area (Å²) < 4.78 is 16.1. The highest BCUT2D eigenvalue weighted by atomic mass is 16.7. The Labute approximate surface area is 208 Å². The van der Waals surface area contributed by atoms with Gasteiger partial charge in [-0.15, -0.1) is 0 Å². The topological polar surface area (TPSA) is 92.9 Å². The van der Waals surface area contributed by atoms with E-state index in [-0.39, 0.29) is 31.5 Å². The third kappa shape index (κ3) is 4.84. The van der Waals surface area contributed by atoms with Crippen LogP contribution in [-0.4, -0.2) is 29.8 Å². The zero-order chi connectivity index (χ0) is 25.2. The second-order valence-electron chi connectivity index (χ2n) is 8.87. The number of benzene rings is 3. The van der Waals surface area contributed by atoms with Gasteiger partial charge < -0.3 is 29.4 Å². The van der Waals surface area contributed by atoms with E-state index in [2.05, 4.69) is 16.4 Å². The predicted molar refractivity (Wildman–Crippen MR) is 138 cm³/mol. The fourth-order valence-corrected chi connectivity index (χ4v) is 4.38. The standard InChI is InChI=1S/C28H27N3O5/c1-17-10-18(2)23-13-20(27(32)30-24(23)11-17)15-31(14-19-4-9-25-26(12-19)36-16-35-25)28(33)29-21-5-7-22(34-3)8-6-21/h4-13H,14-16H2,1-3H3,(H,29,33)(H,30,32). The van der Waals surface area contributed by atoms with Crippen molar-refractivity contribution >= 4 is 22.6 Å². The molecular weight excluding hydrogens is 458 g/mol. The number of rotatable bonds is 6. The van der Waals surface area contributed by atoms with E-state index in [0.717, 1.165) is 27.6 Å². The Morgan fingerprint density at radius 2 is 1.78 bits per heavy atom. The summed E-state index contributed by atoms with van der Waals surface area (Å²) in [6, 6.07) is 18.2. The van der Waals surface area contributed by atoms with Crippen LogP contribution in [0.25, 0.3) is 10.9 Å². The molecule has 184 valence electrons. The smallest absolute Gasteiger partial charge is 0.322 e. The normalized spacial score (nSPS) is 12.0. The molecule has 0 saturated heterocycles. The Balaban J connectivity index is 1.46. The highest BCUT2D eigenvalue weighted by Gasteiger charge is 2.20. The number of aromatic nitrogens is 1. The molecule has 4 aromatic rings. The first kappa shape index (κ1) is 23.3. The monoisotopic (exact) mass is 485 g/mol. The van der Waals surface area contributed by atoms with E-state index in [9.17, 15) is 9.59 Å². The van der Waals surface area contributed by atoms with Crippen LogP contribution in [-0.2, 0) is 13.1 Å². The van der Waals surface area contributed by atoms with Crippen molar-refractivity contribution < 1.29 is 19.0 Å². The summed E-state index contributed by atoms with van der Waals surface area (Å²) in [4.78, 5) is 31.0. The molecule has 0 unspecified atom stereocenters. The summed E-state index contributed by atoms with van der Waals surface area (Å²) in [5.41, 5.74) is 4.68. The average molecular weight is 486 g/mol. The first-order chi connectivity index (χ1) is 17.4. The number of hydrogen-bond donors (Lipinski definition) is 2. The molecular formula is C28H27N3O5. The van der Waals surface area contributed by atoms with E-state index in [1.807, 2.05) is 44.2 Å². The van der Waals surface area contributed by atoms with E-state index in [4.69, 9.17) is 14.2 Å². The molecule has 8 heteroatoms. The van der Waals surface area contributed by atoms with Crippen LogP contribution in [0.1, 0.15) is 22.3 Å². The summed E-state index contributed by atoms with van der Waals surface area (Å²) in [5.74, 6) is 2.00. The van der Waals surface area contributed by atoms with E-state index < -0.39 is 0 Å². The number of amides is 2. The molecule has 1 aliphatic heterocycles. The van der Waals surface area contributed by atoms with Gasteiger partial charge in [-0.3, -0.25) is 4.79 Å². The van der Waals surface area contributed by atoms with Crippen LogP contribution in [0.3, 0.4) is 0 Å². The second-order valence-corrected chi connectivity index (χ2v) is 8.87. The predicted octanol–water partition coefficient (Wildman–Crippen LogP) is 5.12. The van der Waals surface area contributed by atoms with Crippen LogP contribution in [0, 0.1) is 13.8 Å². The minimum Gasteiger partial charge on any atom is -0.497 e. The molecule has 0 atom stereocenters. The lowest BCUT2D eigenvalue weighted by Crippen LogP contribution is -2.35. The second kappa shape index (κ2) is 9.65. The quantitative estimate of drug-likeness (QED) is 0.396. The van der Waals surface area contributed by atoms with Gasteiger partial charge in [0.05, 0.1) is 13.7 Å². The lowest BCUT2D eigenvalue weighted by Gasteiger charge is -2.23. The van der Waals surface area contributed by atoms with Crippen LogP contribution in [0.15, 0.2) is 65.5 Å². The van der Waals surface area contributed by atoms with Gasteiger partial charge in [0.2, 0.25) is 6.79 Å². The molecule has 0 spiro atoms. The molecule has 2 N–H and O–H groups in total. The third-order valence-corrected chi connectivity index (χ3v) is 6.19. The van der Waals surface area contributed by atoms with Crippen LogP contribution in [0.5, 0.6) is 17.2 Å². The molecule has 8 nitrogen and oxygen atoms in total. The molecule has 0 bridgehead atoms. The maximum absolute atomic E-state index is 13.4. The van der Waals surface area contributed by atoms with E-state index in [0.29, 0.717) is 28.5 Å². The summed E-state index contributed by atoms with van der Waals surface area (Å²) in [6.45, 7) is 4.57. The molecule has 0 saturated carbocycles. The fourth-order valence-electron chi connectivity index (χ4n) is 4.38. The molecule has 2 amide bonds. The number of ether oxygens (including phenoxy) is 3. The number of urea groups is 1. The van der Waals surface area contributed by atoms with E-state index in [1.165, 1.54) is 0 Å². The highest BCUT2D eigenvalue weighted by Crippen LogP contribution is 2.33. The molecule has 0 aliphatic carbocycles. The minimum atomic E-state index is -0.335. The molecule has 1 aliphatic rings. The largest absolute Gasteiger partial charge is 0.497 e. The third-order valence-electron chi connectivity index (χ3n) is 6.19. The molecule has 0 fully saturated rings. The van der Waals surface area contributed by atoms with Gasteiger partial charge in [0.25, 0.3) is 5.56 Å². The van der Waals surface area contributed by atoms with Crippen molar-refractivity contribution in [2.75, 3.05) is 19.2 Å². The number of aromatic amines is 1. The maximum Gasteiger partial charge on any atom is 0.322 e. The molecule has 2 heterocycles. The van der Waals surface area contributed by atoms with Crippen LogP contribution >= 0.6 is 0 Å². The molecule has 5 rings (SSSR count). The Bertz CT molecular complexity index is 1490. The number of H-pyrrole nitrogens is 1. The van der Waals surface area contributed by atoms with Crippen molar-refractivity contribution in [3.05, 3.63) is 93.3 Å². The number of carbonyl (C=O) groups is 1. The van der Waals surface area contributed by atoms with Gasteiger partial charge in [0.1, 0.15) is 5.75 Å². The highest BCUT2D eigenvalue weighted by molar-refractivity contribution is 5.89. The van der Waals surface area contributed by atoms with Crippen molar-refractivity contribution in [3.8, 4) is 17.2 Å². The number of nitrogens with zero attached hydrogens (tertiary/aromatic N) is 1. The van der Waals surface area contributed by atoms with Crippen LogP contribution < -0.4 is 25.1 Å². The molecule has 1 aromatic heterocycles. The zero-order valence-corrected chi connectivity index (χ0v) is 20.4. The number of methoxy groups -OCH3 is 1. The lowest BCUT2D eigenvalue weighted by atomic mass is 10.0. The van der Waals surface area contributed by atoms with Crippen LogP contribution in [0.2, 0.25) is 0 Å². The fraction of sp³-hybridized carbons (Fsp3) is 0.214. The number of anilines is 1. The van der Waals surface area contributed by atoms with Gasteiger partial charge in [-0.1, -0.05) is 12.1 Å². The van der Waals surface area contributed by atoms with Gasteiger partial charge >= 0.3 is 6.03 Å². The Kier molecular flexibility index (Phi) is 6.25. The van der Waals surface area contributed by atoms with Crippen molar-refractivity contribution in [2.45, 2.75) is 26.9 Å². The number of carbonyl (C=O) groups excluding carboxylic acids is 1. The van der Waals surface area contributed by atoms with Gasteiger partial charge in [-0.25, -0.2) is 4.79 Å². The van der Waals surface area contributed by atoms with E-state index >= 15 is 0 Å². The molecule has 3 aromatic carbocycles. The summed E-state index contributed by atoms with van der Waals surface area (Å²) in [6.07, 6.45) is 0. The first-order valence-corrected chi connectivity index (χ1v) is 11.6. The first-order valence-electron chi connectivity index (χ1n) is 11.6. The average Bonchev–Trinajstić information content (AvgIpc) is 3.32. The van der Waals surface area contributed by atoms with Crippen LogP contribution in [0.4, 0.5) is 10.5 Å². The Morgan fingerprint density at radius 3 is 2.56 bits per heavy atom. The van der Waals surface area contributed by atoms with Crippen molar-refractivity contribution in [1.29, 1.82) is 0 Å². The maximum atomic E-state index is 13.4. The number of aryl methyl sites for hydroxylation is 2. The zero-order valence-electron chi connectivity index (χ0n) is 20.4. The minimum absolute atomic E-state index is 0.120. The summed E-state index contributed by atoms with van der Waals surface area (Å²) in [5, 5.41) is 3.88. The van der Waals surface area contributed by atoms with Crippen molar-refractivity contribution in [2.24, 2.45) is 0 Å². The number of fused-ring (bicyclic) bond motifs is 2. The van der Waals surface area contributed by atoms with Gasteiger partial charge in [0, 0.05) is 28.7 Å². The number of nitrogens with one attached hydrogen (secondary N) is 2. The summed E-state index contributed by atoms with van der Waals surface area (Å²) in [7, 11) is 1.59. The van der Waals surface area contributed by atoms with E-state index in [1.54, 1.807) is 36.3 Å². The number of pyridine rings is 1. The molecule has 0 radical (unpaired) electrons. The molecule has 36 heavy (non-hydrogen) atoms. The van der Waals surface area contributed by atoms with Crippen molar-refractivity contribution in [1.82, 2.24) is 9.88 Å². The lowest BCUT2D eigenvalue weighted by molar-refractivity contribution is 0.174. The Morgan fingerprint density at radius 1 is 1.00 bits per heavy atom.